The number of fused-ring (bicyclic) bond motifs is 1. The fraction of sp³-hybridized carbons (Fsp3) is 0.333. The molecule has 1 saturated carbocycles. The molecule has 1 aromatic carbocycles. The van der Waals surface area contributed by atoms with Crippen molar-refractivity contribution in [1.29, 1.82) is 0 Å². The van der Waals surface area contributed by atoms with Gasteiger partial charge in [-0.15, -0.1) is 0 Å². The molecule has 0 spiro atoms. The number of benzene rings is 1. The van der Waals surface area contributed by atoms with E-state index < -0.39 is 0 Å². The lowest BCUT2D eigenvalue weighted by atomic mass is 10.1. The average molecular weight is 344 g/mol. The maximum atomic E-state index is 6.23. The summed E-state index contributed by atoms with van der Waals surface area (Å²) >= 11 is 7.14. The van der Waals surface area contributed by atoms with Gasteiger partial charge in [0.2, 0.25) is 0 Å². The maximum Gasteiger partial charge on any atom is 0.0488 e. The first-order valence-corrected chi connectivity index (χ1v) is 6.97. The molecule has 1 aromatic heterocycles. The summed E-state index contributed by atoms with van der Waals surface area (Å²) in [6.45, 7) is 0. The zero-order chi connectivity index (χ0) is 11.3. The van der Waals surface area contributed by atoms with Crippen molar-refractivity contribution in [3.05, 3.63) is 32.8 Å². The highest BCUT2D eigenvalue weighted by Gasteiger charge is 2.32. The quantitative estimate of drug-likeness (QED) is 0.846. The van der Waals surface area contributed by atoms with Gasteiger partial charge in [-0.1, -0.05) is 15.9 Å². The van der Waals surface area contributed by atoms with Gasteiger partial charge < -0.3 is 10.7 Å². The monoisotopic (exact) mass is 342 g/mol. The van der Waals surface area contributed by atoms with Crippen LogP contribution >= 0.6 is 31.9 Å². The number of hydrogen-bond donors (Lipinski definition) is 2. The van der Waals surface area contributed by atoms with E-state index >= 15 is 0 Å². The Bertz CT molecular complexity index is 543. The van der Waals surface area contributed by atoms with Crippen molar-refractivity contribution in [1.82, 2.24) is 4.98 Å². The predicted octanol–water partition coefficient (Wildman–Crippen LogP) is 4.10. The van der Waals surface area contributed by atoms with Gasteiger partial charge in [-0.2, -0.15) is 0 Å². The molecular formula is C12H12Br2N2. The minimum atomic E-state index is 0.139. The van der Waals surface area contributed by atoms with Crippen LogP contribution in [0, 0.1) is 5.92 Å². The summed E-state index contributed by atoms with van der Waals surface area (Å²) in [4.78, 5) is 3.42. The fourth-order valence-electron chi connectivity index (χ4n) is 2.07. The molecule has 0 bridgehead atoms. The van der Waals surface area contributed by atoms with Crippen LogP contribution in [0.5, 0.6) is 0 Å². The molecule has 1 atom stereocenters. The topological polar surface area (TPSA) is 41.8 Å². The van der Waals surface area contributed by atoms with Crippen LogP contribution in [-0.4, -0.2) is 4.98 Å². The van der Waals surface area contributed by atoms with Gasteiger partial charge in [0, 0.05) is 31.6 Å². The van der Waals surface area contributed by atoms with Gasteiger partial charge in [-0.05, 0) is 52.9 Å². The van der Waals surface area contributed by atoms with Crippen molar-refractivity contribution in [3.8, 4) is 0 Å². The average Bonchev–Trinajstić information content (AvgIpc) is 3.05. The lowest BCUT2D eigenvalue weighted by molar-refractivity contribution is 0.617. The number of rotatable bonds is 2. The zero-order valence-electron chi connectivity index (χ0n) is 8.63. The second kappa shape index (κ2) is 3.86. The van der Waals surface area contributed by atoms with Crippen LogP contribution in [0.15, 0.2) is 27.1 Å². The van der Waals surface area contributed by atoms with Crippen LogP contribution in [0.25, 0.3) is 10.9 Å². The van der Waals surface area contributed by atoms with E-state index in [2.05, 4.69) is 49.0 Å². The third-order valence-electron chi connectivity index (χ3n) is 3.19. The Morgan fingerprint density at radius 2 is 2.06 bits per heavy atom. The number of nitrogens with two attached hydrogens (primary N) is 1. The summed E-state index contributed by atoms with van der Waals surface area (Å²) in [6.07, 6.45) is 2.51. The molecule has 0 saturated heterocycles. The Balaban J connectivity index is 2.14. The van der Waals surface area contributed by atoms with Crippen molar-refractivity contribution in [2.24, 2.45) is 11.7 Å². The van der Waals surface area contributed by atoms with E-state index in [0.29, 0.717) is 5.92 Å². The van der Waals surface area contributed by atoms with E-state index in [-0.39, 0.29) is 6.04 Å². The summed E-state index contributed by atoms with van der Waals surface area (Å²) in [7, 11) is 0. The molecule has 3 rings (SSSR count). The lowest BCUT2D eigenvalue weighted by Crippen LogP contribution is -2.13. The van der Waals surface area contributed by atoms with Crippen LogP contribution < -0.4 is 5.73 Å². The van der Waals surface area contributed by atoms with Crippen LogP contribution in [0.4, 0.5) is 0 Å². The number of halogens is 2. The molecule has 4 heteroatoms. The highest BCUT2D eigenvalue weighted by Crippen LogP contribution is 2.43. The molecule has 2 nitrogen and oxygen atoms in total. The predicted molar refractivity (Wildman–Crippen MR) is 73.4 cm³/mol. The highest BCUT2D eigenvalue weighted by molar-refractivity contribution is 9.11. The number of aromatic amines is 1. The lowest BCUT2D eigenvalue weighted by Gasteiger charge is -2.08. The summed E-state index contributed by atoms with van der Waals surface area (Å²) in [5.41, 5.74) is 8.50. The first-order valence-electron chi connectivity index (χ1n) is 5.39. The molecule has 1 unspecified atom stereocenters. The molecule has 0 radical (unpaired) electrons. The Morgan fingerprint density at radius 1 is 1.31 bits per heavy atom. The van der Waals surface area contributed by atoms with Gasteiger partial charge in [0.15, 0.2) is 0 Å². The summed E-state index contributed by atoms with van der Waals surface area (Å²) < 4.78 is 2.20. The first kappa shape index (κ1) is 10.8. The molecule has 0 amide bonds. The van der Waals surface area contributed by atoms with E-state index in [1.54, 1.807) is 0 Å². The van der Waals surface area contributed by atoms with Gasteiger partial charge in [-0.25, -0.2) is 0 Å². The number of hydrogen-bond acceptors (Lipinski definition) is 1. The number of H-pyrrole nitrogens is 1. The third-order valence-corrected chi connectivity index (χ3v) is 4.53. The van der Waals surface area contributed by atoms with Gasteiger partial charge in [-0.3, -0.25) is 0 Å². The summed E-state index contributed by atoms with van der Waals surface area (Å²) in [6, 6.07) is 6.37. The molecule has 0 aliphatic heterocycles. The number of aromatic nitrogens is 1. The molecule has 84 valence electrons. The largest absolute Gasteiger partial charge is 0.356 e. The molecule has 2 aromatic rings. The minimum Gasteiger partial charge on any atom is -0.356 e. The van der Waals surface area contributed by atoms with Crippen LogP contribution in [0.3, 0.4) is 0 Å². The Morgan fingerprint density at radius 3 is 2.75 bits per heavy atom. The molecule has 1 fully saturated rings. The van der Waals surface area contributed by atoms with Crippen molar-refractivity contribution in [2.75, 3.05) is 0 Å². The Hall–Kier alpha value is -0.320. The van der Waals surface area contributed by atoms with Crippen molar-refractivity contribution in [3.63, 3.8) is 0 Å². The van der Waals surface area contributed by atoms with E-state index in [1.165, 1.54) is 18.2 Å². The second-order valence-electron chi connectivity index (χ2n) is 4.41. The highest BCUT2D eigenvalue weighted by atomic mass is 79.9. The van der Waals surface area contributed by atoms with Crippen LogP contribution in [-0.2, 0) is 0 Å². The SMILES string of the molecule is NC(c1[nH]c2ccc(Br)cc2c1Br)C1CC1. The van der Waals surface area contributed by atoms with Crippen LogP contribution in [0.1, 0.15) is 24.6 Å². The standard InChI is InChI=1S/C12H12Br2N2/c13-7-3-4-9-8(5-7)10(14)12(16-9)11(15)6-1-2-6/h3-6,11,16H,1-2,15H2. The molecular weight excluding hydrogens is 332 g/mol. The van der Waals surface area contributed by atoms with E-state index in [9.17, 15) is 0 Å². The smallest absolute Gasteiger partial charge is 0.0488 e. The van der Waals surface area contributed by atoms with E-state index in [0.717, 1.165) is 20.2 Å². The fourth-order valence-corrected chi connectivity index (χ4v) is 3.13. The number of nitrogens with one attached hydrogen (secondary N) is 1. The second-order valence-corrected chi connectivity index (χ2v) is 6.11. The molecule has 1 heterocycles. The van der Waals surface area contributed by atoms with E-state index in [1.807, 2.05) is 6.07 Å². The summed E-state index contributed by atoms with van der Waals surface area (Å²) in [5, 5.41) is 1.19. The first-order chi connectivity index (χ1) is 7.66. The van der Waals surface area contributed by atoms with Crippen molar-refractivity contribution < 1.29 is 0 Å². The Kier molecular flexibility index (Phi) is 2.61. The Labute approximate surface area is 111 Å². The van der Waals surface area contributed by atoms with Crippen molar-refractivity contribution >= 4 is 42.8 Å². The van der Waals surface area contributed by atoms with Gasteiger partial charge in [0.25, 0.3) is 0 Å². The third kappa shape index (κ3) is 1.73. The maximum absolute atomic E-state index is 6.23. The molecule has 16 heavy (non-hydrogen) atoms. The summed E-state index contributed by atoms with van der Waals surface area (Å²) in [5.74, 6) is 0.660. The zero-order valence-corrected chi connectivity index (χ0v) is 11.8. The normalized spacial score (nSPS) is 17.9. The molecule has 1 aliphatic carbocycles. The molecule has 1 aliphatic rings. The van der Waals surface area contributed by atoms with Crippen molar-refractivity contribution in [2.45, 2.75) is 18.9 Å². The van der Waals surface area contributed by atoms with Gasteiger partial charge in [0.05, 0.1) is 0 Å². The van der Waals surface area contributed by atoms with Crippen LogP contribution in [0.2, 0.25) is 0 Å². The van der Waals surface area contributed by atoms with Gasteiger partial charge in [0.1, 0.15) is 0 Å². The van der Waals surface area contributed by atoms with Gasteiger partial charge >= 0.3 is 0 Å². The molecule has 3 N–H and O–H groups in total. The van der Waals surface area contributed by atoms with E-state index in [4.69, 9.17) is 5.73 Å². The minimum absolute atomic E-state index is 0.139.